The molecule has 1 aromatic heterocycles. The molecule has 6 nitrogen and oxygen atoms in total. The lowest BCUT2D eigenvalue weighted by molar-refractivity contribution is -0.117. The number of hydrogen-bond acceptors (Lipinski definition) is 5. The molecule has 0 amide bonds. The lowest BCUT2D eigenvalue weighted by Gasteiger charge is -2.21. The third-order valence-electron chi connectivity index (χ3n) is 7.31. The van der Waals surface area contributed by atoms with E-state index in [-0.39, 0.29) is 18.6 Å². The van der Waals surface area contributed by atoms with Gasteiger partial charge in [-0.1, -0.05) is 41.9 Å². The lowest BCUT2D eigenvalue weighted by Crippen LogP contribution is -2.11. The number of ketones is 1. The first-order valence-electron chi connectivity index (χ1n) is 12.7. The fraction of sp³-hybridized carbons (Fsp3) is 0.310. The molecule has 1 N–H and O–H groups in total. The standard InChI is InChI=1S/C29H26ClFN4O2/c30-21-10-9-18(27(31)16-21)13-22(36)14-20-12-19(24-4-1-2-5-25(24)29-32-34-35-33-29)15-26-23(17-7-8-17)6-3-11-37-28(20)26/h1-2,4-5,9-10,12,15-17,23H,3,6-8,11,13-14H2,(H,32,33,34,35). The van der Waals surface area contributed by atoms with Crippen molar-refractivity contribution in [2.45, 2.75) is 44.4 Å². The van der Waals surface area contributed by atoms with E-state index in [9.17, 15) is 9.18 Å². The van der Waals surface area contributed by atoms with Gasteiger partial charge in [0.05, 0.1) is 6.61 Å². The SMILES string of the molecule is O=C(Cc1ccc(Cl)cc1F)Cc1cc(-c2ccccc2-c2nn[nH]n2)cc2c1OCCCC2C1CC1. The second kappa shape index (κ2) is 10.1. The zero-order chi connectivity index (χ0) is 25.4. The summed E-state index contributed by atoms with van der Waals surface area (Å²) in [4.78, 5) is 13.2. The number of tetrazole rings is 1. The highest BCUT2D eigenvalue weighted by atomic mass is 35.5. The molecule has 37 heavy (non-hydrogen) atoms. The van der Waals surface area contributed by atoms with E-state index >= 15 is 0 Å². The number of nitrogens with one attached hydrogen (secondary N) is 1. The topological polar surface area (TPSA) is 80.8 Å². The van der Waals surface area contributed by atoms with Crippen LogP contribution in [0.3, 0.4) is 0 Å². The highest BCUT2D eigenvalue weighted by Crippen LogP contribution is 2.50. The Balaban J connectivity index is 1.43. The van der Waals surface area contributed by atoms with Crippen LogP contribution in [0.2, 0.25) is 5.02 Å². The quantitative estimate of drug-likeness (QED) is 0.309. The number of benzene rings is 3. The van der Waals surface area contributed by atoms with Gasteiger partial charge in [0.25, 0.3) is 0 Å². The molecule has 0 spiro atoms. The minimum Gasteiger partial charge on any atom is -0.493 e. The monoisotopic (exact) mass is 516 g/mol. The number of aromatic nitrogens is 4. The molecule has 1 saturated carbocycles. The Bertz CT molecular complexity index is 1450. The number of aromatic amines is 1. The van der Waals surface area contributed by atoms with Crippen LogP contribution in [-0.2, 0) is 17.6 Å². The van der Waals surface area contributed by atoms with E-state index in [0.29, 0.717) is 34.9 Å². The van der Waals surface area contributed by atoms with E-state index in [1.54, 1.807) is 12.1 Å². The summed E-state index contributed by atoms with van der Waals surface area (Å²) in [7, 11) is 0. The number of hydrogen-bond donors (Lipinski definition) is 1. The predicted molar refractivity (Wildman–Crippen MR) is 139 cm³/mol. The smallest absolute Gasteiger partial charge is 0.205 e. The molecule has 2 aliphatic rings. The summed E-state index contributed by atoms with van der Waals surface area (Å²) in [6, 6.07) is 16.6. The molecule has 188 valence electrons. The number of carbonyl (C=O) groups is 1. The summed E-state index contributed by atoms with van der Waals surface area (Å²) >= 11 is 5.89. The number of Topliss-reactive ketones (excluding diaryl/α,β-unsaturated/α-hetero) is 1. The van der Waals surface area contributed by atoms with Crippen molar-refractivity contribution in [2.24, 2.45) is 5.92 Å². The molecule has 2 heterocycles. The molecule has 8 heteroatoms. The molecule has 1 unspecified atom stereocenters. The van der Waals surface area contributed by atoms with Crippen molar-refractivity contribution >= 4 is 17.4 Å². The number of rotatable bonds is 7. The first-order valence-corrected chi connectivity index (χ1v) is 13.0. The van der Waals surface area contributed by atoms with Crippen LogP contribution in [0.15, 0.2) is 54.6 Å². The van der Waals surface area contributed by atoms with Gasteiger partial charge in [-0.15, -0.1) is 10.2 Å². The molecule has 6 rings (SSSR count). The van der Waals surface area contributed by atoms with Crippen molar-refractivity contribution in [1.29, 1.82) is 0 Å². The average molecular weight is 517 g/mol. The Labute approximate surface area is 219 Å². The highest BCUT2D eigenvalue weighted by molar-refractivity contribution is 6.30. The number of ether oxygens (including phenoxy) is 1. The van der Waals surface area contributed by atoms with Gasteiger partial charge in [-0.05, 0) is 89.3 Å². The largest absolute Gasteiger partial charge is 0.493 e. The van der Waals surface area contributed by atoms with Crippen LogP contribution in [0.4, 0.5) is 4.39 Å². The number of carbonyl (C=O) groups excluding carboxylic acids is 1. The predicted octanol–water partition coefficient (Wildman–Crippen LogP) is 6.35. The molecule has 1 fully saturated rings. The Morgan fingerprint density at radius 2 is 1.84 bits per heavy atom. The molecule has 4 aromatic rings. The zero-order valence-corrected chi connectivity index (χ0v) is 21.0. The van der Waals surface area contributed by atoms with Crippen LogP contribution >= 0.6 is 11.6 Å². The van der Waals surface area contributed by atoms with E-state index in [2.05, 4.69) is 26.7 Å². The van der Waals surface area contributed by atoms with Crippen LogP contribution in [0, 0.1) is 11.7 Å². The maximum atomic E-state index is 14.4. The van der Waals surface area contributed by atoms with Crippen LogP contribution in [0.5, 0.6) is 5.75 Å². The van der Waals surface area contributed by atoms with Crippen molar-refractivity contribution in [3.05, 3.63) is 82.1 Å². The first-order chi connectivity index (χ1) is 18.1. The Hall–Kier alpha value is -3.58. The summed E-state index contributed by atoms with van der Waals surface area (Å²) in [5, 5.41) is 14.9. The third kappa shape index (κ3) is 5.01. The van der Waals surface area contributed by atoms with Gasteiger partial charge in [-0.2, -0.15) is 5.21 Å². The van der Waals surface area contributed by atoms with Crippen molar-refractivity contribution in [3.63, 3.8) is 0 Å². The average Bonchev–Trinajstić information content (AvgIpc) is 3.63. The number of H-pyrrole nitrogens is 1. The van der Waals surface area contributed by atoms with Gasteiger partial charge >= 0.3 is 0 Å². The van der Waals surface area contributed by atoms with Crippen molar-refractivity contribution < 1.29 is 13.9 Å². The maximum Gasteiger partial charge on any atom is 0.205 e. The van der Waals surface area contributed by atoms with E-state index in [0.717, 1.165) is 40.8 Å². The van der Waals surface area contributed by atoms with Gasteiger partial charge in [0.2, 0.25) is 5.82 Å². The fourth-order valence-corrected chi connectivity index (χ4v) is 5.59. The van der Waals surface area contributed by atoms with Gasteiger partial charge in [0.1, 0.15) is 17.3 Å². The number of halogens is 2. The van der Waals surface area contributed by atoms with E-state index in [1.165, 1.54) is 24.5 Å². The van der Waals surface area contributed by atoms with E-state index < -0.39 is 5.82 Å². The summed E-state index contributed by atoms with van der Waals surface area (Å²) < 4.78 is 20.7. The summed E-state index contributed by atoms with van der Waals surface area (Å²) in [6.45, 7) is 0.627. The summed E-state index contributed by atoms with van der Waals surface area (Å²) in [5.74, 6) is 1.83. The number of fused-ring (bicyclic) bond motifs is 1. The molecule has 1 atom stereocenters. The third-order valence-corrected chi connectivity index (χ3v) is 7.54. The van der Waals surface area contributed by atoms with Gasteiger partial charge in [-0.25, -0.2) is 4.39 Å². The van der Waals surface area contributed by atoms with Gasteiger partial charge in [0, 0.05) is 29.0 Å². The molecule has 0 radical (unpaired) electrons. The minimum absolute atomic E-state index is 0.00645. The Kier molecular flexibility index (Phi) is 6.47. The second-order valence-corrected chi connectivity index (χ2v) is 10.3. The minimum atomic E-state index is -0.465. The van der Waals surface area contributed by atoms with Crippen LogP contribution in [-0.4, -0.2) is 33.0 Å². The van der Waals surface area contributed by atoms with Crippen molar-refractivity contribution in [3.8, 4) is 28.3 Å². The van der Waals surface area contributed by atoms with Crippen LogP contribution in [0.1, 0.15) is 48.3 Å². The number of nitrogens with zero attached hydrogens (tertiary/aromatic N) is 3. The Morgan fingerprint density at radius 3 is 2.59 bits per heavy atom. The summed E-state index contributed by atoms with van der Waals surface area (Å²) in [6.07, 6.45) is 4.63. The van der Waals surface area contributed by atoms with Crippen LogP contribution < -0.4 is 4.74 Å². The fourth-order valence-electron chi connectivity index (χ4n) is 5.43. The summed E-state index contributed by atoms with van der Waals surface area (Å²) in [5.41, 5.74) is 5.15. The molecular weight excluding hydrogens is 491 g/mol. The van der Waals surface area contributed by atoms with Gasteiger partial charge in [-0.3, -0.25) is 4.79 Å². The molecule has 1 aliphatic carbocycles. The molecule has 1 aliphatic heterocycles. The van der Waals surface area contributed by atoms with Crippen molar-refractivity contribution in [2.75, 3.05) is 6.61 Å². The zero-order valence-electron chi connectivity index (χ0n) is 20.2. The van der Waals surface area contributed by atoms with Crippen molar-refractivity contribution in [1.82, 2.24) is 20.6 Å². The normalized spacial score (nSPS) is 17.1. The molecule has 0 bridgehead atoms. The highest BCUT2D eigenvalue weighted by Gasteiger charge is 2.36. The van der Waals surface area contributed by atoms with Gasteiger partial charge < -0.3 is 4.74 Å². The Morgan fingerprint density at radius 1 is 1.03 bits per heavy atom. The molecule has 0 saturated heterocycles. The second-order valence-electron chi connectivity index (χ2n) is 9.90. The maximum absolute atomic E-state index is 14.4. The first kappa shape index (κ1) is 23.8. The van der Waals surface area contributed by atoms with E-state index in [4.69, 9.17) is 16.3 Å². The van der Waals surface area contributed by atoms with Crippen LogP contribution in [0.25, 0.3) is 22.5 Å². The van der Waals surface area contributed by atoms with E-state index in [1.807, 2.05) is 30.3 Å². The molecule has 3 aromatic carbocycles. The lowest BCUT2D eigenvalue weighted by atomic mass is 9.84. The van der Waals surface area contributed by atoms with Gasteiger partial charge in [0.15, 0.2) is 0 Å². The molecular formula is C29H26ClFN4O2.